The summed E-state index contributed by atoms with van der Waals surface area (Å²) < 4.78 is 1.48. The summed E-state index contributed by atoms with van der Waals surface area (Å²) in [6.07, 6.45) is 1.90. The molecule has 1 aromatic carbocycles. The van der Waals surface area contributed by atoms with E-state index in [1.54, 1.807) is 12.1 Å². The molecule has 0 aliphatic heterocycles. The minimum atomic E-state index is -0.485. The summed E-state index contributed by atoms with van der Waals surface area (Å²) >= 11 is 9.91. The van der Waals surface area contributed by atoms with E-state index in [1.807, 2.05) is 6.26 Å². The molecule has 0 N–H and O–H groups in total. The van der Waals surface area contributed by atoms with E-state index in [1.165, 1.54) is 40.9 Å². The summed E-state index contributed by atoms with van der Waals surface area (Å²) in [6.45, 7) is 0. The van der Waals surface area contributed by atoms with Gasteiger partial charge in [-0.05, 0) is 30.2 Å². The Balaban J connectivity index is 2.34. The van der Waals surface area contributed by atoms with Gasteiger partial charge in [0.2, 0.25) is 0 Å². The summed E-state index contributed by atoms with van der Waals surface area (Å²) in [7, 11) is 0. The highest BCUT2D eigenvalue weighted by Gasteiger charge is 2.20. The normalized spacial score (nSPS) is 10.6. The molecule has 94 valence electrons. The Morgan fingerprint density at radius 2 is 2.11 bits per heavy atom. The van der Waals surface area contributed by atoms with Crippen molar-refractivity contribution in [3.05, 3.63) is 33.3 Å². The van der Waals surface area contributed by atoms with Gasteiger partial charge >= 0.3 is 5.69 Å². The average Bonchev–Trinajstić information content (AvgIpc) is 2.76. The van der Waals surface area contributed by atoms with Crippen molar-refractivity contribution in [3.63, 3.8) is 0 Å². The van der Waals surface area contributed by atoms with Crippen LogP contribution < -0.4 is 0 Å². The second-order valence-corrected chi connectivity index (χ2v) is 6.71. The minimum absolute atomic E-state index is 0.0925. The van der Waals surface area contributed by atoms with Gasteiger partial charge in [-0.25, -0.2) is 0 Å². The Morgan fingerprint density at radius 1 is 1.39 bits per heavy atom. The third-order valence-corrected chi connectivity index (χ3v) is 5.20. The number of para-hydroxylation sites is 1. The van der Waals surface area contributed by atoms with Crippen LogP contribution in [0.25, 0.3) is 0 Å². The third-order valence-electron chi connectivity index (χ3n) is 1.89. The van der Waals surface area contributed by atoms with Gasteiger partial charge in [0.25, 0.3) is 0 Å². The van der Waals surface area contributed by atoms with Crippen LogP contribution in [-0.2, 0) is 0 Å². The van der Waals surface area contributed by atoms with E-state index < -0.39 is 4.92 Å². The number of aromatic nitrogens is 2. The van der Waals surface area contributed by atoms with E-state index in [9.17, 15) is 10.1 Å². The van der Waals surface area contributed by atoms with Crippen LogP contribution in [-0.4, -0.2) is 21.4 Å². The first kappa shape index (κ1) is 13.6. The number of hydrogen-bond acceptors (Lipinski definition) is 7. The summed E-state index contributed by atoms with van der Waals surface area (Å²) in [5, 5.41) is 19.0. The van der Waals surface area contributed by atoms with Gasteiger partial charge in [0, 0.05) is 0 Å². The summed E-state index contributed by atoms with van der Waals surface area (Å²) in [5.74, 6) is 0. The molecule has 1 aromatic heterocycles. The Kier molecular flexibility index (Phi) is 4.44. The van der Waals surface area contributed by atoms with Gasteiger partial charge in [0.05, 0.1) is 9.82 Å². The molecule has 0 fully saturated rings. The van der Waals surface area contributed by atoms with E-state index in [-0.39, 0.29) is 10.7 Å². The highest BCUT2D eigenvalue weighted by Crippen LogP contribution is 2.40. The summed E-state index contributed by atoms with van der Waals surface area (Å²) in [6, 6.07) is 4.82. The van der Waals surface area contributed by atoms with Crippen molar-refractivity contribution in [2.75, 3.05) is 6.26 Å². The first-order chi connectivity index (χ1) is 8.61. The van der Waals surface area contributed by atoms with Gasteiger partial charge in [-0.1, -0.05) is 40.8 Å². The zero-order valence-corrected chi connectivity index (χ0v) is 12.2. The molecule has 1 heterocycles. The number of nitro groups is 1. The van der Waals surface area contributed by atoms with Crippen LogP contribution >= 0.6 is 46.5 Å². The lowest BCUT2D eigenvalue weighted by Gasteiger charge is -2.00. The monoisotopic (exact) mass is 319 g/mol. The zero-order chi connectivity index (χ0) is 13.1. The quantitative estimate of drug-likeness (QED) is 0.482. The second-order valence-electron chi connectivity index (χ2n) is 2.98. The molecule has 0 unspecified atom stereocenters. The van der Waals surface area contributed by atoms with Crippen LogP contribution in [0.2, 0.25) is 5.02 Å². The average molecular weight is 320 g/mol. The largest absolute Gasteiger partial charge is 0.301 e. The lowest BCUT2D eigenvalue weighted by molar-refractivity contribution is -0.387. The molecule has 0 saturated carbocycles. The van der Waals surface area contributed by atoms with Crippen LogP contribution in [0.15, 0.2) is 31.8 Å². The number of thioether (sulfide) groups is 1. The highest BCUT2D eigenvalue weighted by molar-refractivity contribution is 8.03. The van der Waals surface area contributed by atoms with Crippen LogP contribution in [0, 0.1) is 10.1 Å². The van der Waals surface area contributed by atoms with E-state index in [4.69, 9.17) is 11.6 Å². The Morgan fingerprint density at radius 3 is 2.72 bits per heavy atom. The fourth-order valence-corrected chi connectivity index (χ4v) is 4.00. The molecule has 2 rings (SSSR count). The number of halogens is 1. The molecule has 2 aromatic rings. The van der Waals surface area contributed by atoms with Gasteiger partial charge in [0.1, 0.15) is 5.02 Å². The standard InChI is InChI=1S/C9H6ClN3O2S3/c1-16-8-11-12-9(18-8)17-6-4-2-3-5(10)7(6)13(14)15/h2-4H,1H3. The zero-order valence-electron chi connectivity index (χ0n) is 8.99. The Bertz CT molecular complexity index is 590. The molecule has 9 heteroatoms. The maximum Gasteiger partial charge on any atom is 0.301 e. The molecular weight excluding hydrogens is 314 g/mol. The molecule has 0 amide bonds. The fourth-order valence-electron chi connectivity index (χ4n) is 1.17. The third kappa shape index (κ3) is 2.94. The van der Waals surface area contributed by atoms with E-state index >= 15 is 0 Å². The van der Waals surface area contributed by atoms with E-state index in [0.717, 1.165) is 4.34 Å². The molecule has 5 nitrogen and oxygen atoms in total. The number of nitrogens with zero attached hydrogens (tertiary/aromatic N) is 3. The molecule has 0 aliphatic rings. The predicted molar refractivity (Wildman–Crippen MR) is 73.9 cm³/mol. The molecule has 0 radical (unpaired) electrons. The maximum absolute atomic E-state index is 11.0. The van der Waals surface area contributed by atoms with Gasteiger partial charge in [-0.2, -0.15) is 0 Å². The van der Waals surface area contributed by atoms with Gasteiger partial charge in [-0.3, -0.25) is 10.1 Å². The molecule has 18 heavy (non-hydrogen) atoms. The molecule has 0 bridgehead atoms. The lowest BCUT2D eigenvalue weighted by atomic mass is 10.3. The van der Waals surface area contributed by atoms with Gasteiger partial charge in [-0.15, -0.1) is 10.2 Å². The van der Waals surface area contributed by atoms with Crippen molar-refractivity contribution in [3.8, 4) is 0 Å². The van der Waals surface area contributed by atoms with Gasteiger partial charge in [0.15, 0.2) is 8.68 Å². The minimum Gasteiger partial charge on any atom is -0.258 e. The number of hydrogen-bond donors (Lipinski definition) is 0. The molecule has 0 aliphatic carbocycles. The topological polar surface area (TPSA) is 68.9 Å². The number of nitro benzene ring substituents is 1. The SMILES string of the molecule is CSc1nnc(Sc2cccc(Cl)c2[N+](=O)[O-])s1. The van der Waals surface area contributed by atoms with Crippen molar-refractivity contribution in [1.82, 2.24) is 10.2 Å². The van der Waals surface area contributed by atoms with Crippen molar-refractivity contribution in [2.45, 2.75) is 13.6 Å². The van der Waals surface area contributed by atoms with E-state index in [0.29, 0.717) is 9.24 Å². The summed E-state index contributed by atoms with van der Waals surface area (Å²) in [5.41, 5.74) is -0.0925. The van der Waals surface area contributed by atoms with Crippen molar-refractivity contribution < 1.29 is 4.92 Å². The van der Waals surface area contributed by atoms with Gasteiger partial charge < -0.3 is 0 Å². The van der Waals surface area contributed by atoms with E-state index in [2.05, 4.69) is 10.2 Å². The lowest BCUT2D eigenvalue weighted by Crippen LogP contribution is -1.91. The highest BCUT2D eigenvalue weighted by atomic mass is 35.5. The number of rotatable bonds is 4. The fraction of sp³-hybridized carbons (Fsp3) is 0.111. The second kappa shape index (κ2) is 5.87. The van der Waals surface area contributed by atoms with Crippen molar-refractivity contribution in [2.24, 2.45) is 0 Å². The van der Waals surface area contributed by atoms with Crippen LogP contribution in [0.1, 0.15) is 0 Å². The Hall–Kier alpha value is -0.830. The van der Waals surface area contributed by atoms with Crippen LogP contribution in [0.3, 0.4) is 0 Å². The molecule has 0 atom stereocenters. The Labute approximate surface area is 120 Å². The number of benzene rings is 1. The maximum atomic E-state index is 11.0. The molecule has 0 saturated heterocycles. The first-order valence-corrected chi connectivity index (χ1v) is 7.83. The smallest absolute Gasteiger partial charge is 0.258 e. The van der Waals surface area contributed by atoms with Crippen LogP contribution in [0.4, 0.5) is 5.69 Å². The van der Waals surface area contributed by atoms with Crippen molar-refractivity contribution in [1.29, 1.82) is 0 Å². The van der Waals surface area contributed by atoms with Crippen LogP contribution in [0.5, 0.6) is 0 Å². The molecule has 0 spiro atoms. The first-order valence-electron chi connectivity index (χ1n) is 4.60. The predicted octanol–water partition coefficient (Wildman–Crippen LogP) is 3.97. The van der Waals surface area contributed by atoms with Crippen molar-refractivity contribution >= 4 is 52.1 Å². The molecular formula is C9H6ClN3O2S3. The summed E-state index contributed by atoms with van der Waals surface area (Å²) in [4.78, 5) is 10.9.